The Kier molecular flexibility index (Phi) is 4.01. The molecule has 4 heteroatoms. The lowest BCUT2D eigenvalue weighted by Gasteiger charge is -2.22. The summed E-state index contributed by atoms with van der Waals surface area (Å²) < 4.78 is 3.78. The largest absolute Gasteiger partial charge is 0.292 e. The van der Waals surface area contributed by atoms with Crippen LogP contribution in [0.4, 0.5) is 0 Å². The SMILES string of the molecule is CC1(C)c2ccccc2-c2sc3c4ccc5ccccc5c4n(-c4ccc5ccc6cccnc6c5n4)c3c21. The first-order valence-corrected chi connectivity index (χ1v) is 14.2. The number of thiophene rings is 1. The fourth-order valence-corrected chi connectivity index (χ4v) is 8.32. The predicted molar refractivity (Wildman–Crippen MR) is 164 cm³/mol. The van der Waals surface area contributed by atoms with Crippen LogP contribution in [0, 0.1) is 0 Å². The minimum atomic E-state index is -0.114. The second-order valence-electron chi connectivity index (χ2n) is 11.1. The van der Waals surface area contributed by atoms with Crippen LogP contribution in [0.25, 0.3) is 70.0 Å². The second-order valence-corrected chi connectivity index (χ2v) is 12.1. The average Bonchev–Trinajstić information content (AvgIpc) is 3.58. The molecule has 8 aromatic rings. The monoisotopic (exact) mass is 517 g/mol. The number of hydrogen-bond acceptors (Lipinski definition) is 3. The van der Waals surface area contributed by atoms with E-state index in [0.29, 0.717) is 0 Å². The summed E-state index contributed by atoms with van der Waals surface area (Å²) in [6, 6.07) is 34.9. The summed E-state index contributed by atoms with van der Waals surface area (Å²) in [4.78, 5) is 11.5. The Bertz CT molecular complexity index is 2320. The van der Waals surface area contributed by atoms with Crippen molar-refractivity contribution in [2.75, 3.05) is 0 Å². The molecule has 1 aliphatic carbocycles. The number of fused-ring (bicyclic) bond motifs is 12. The van der Waals surface area contributed by atoms with Gasteiger partial charge in [0.05, 0.1) is 26.8 Å². The van der Waals surface area contributed by atoms with E-state index in [2.05, 4.69) is 109 Å². The average molecular weight is 518 g/mol. The molecule has 4 aromatic heterocycles. The molecule has 0 spiro atoms. The third kappa shape index (κ3) is 2.67. The van der Waals surface area contributed by atoms with Gasteiger partial charge in [0.15, 0.2) is 0 Å². The highest BCUT2D eigenvalue weighted by atomic mass is 32.1. The maximum absolute atomic E-state index is 5.36. The van der Waals surface area contributed by atoms with Crippen molar-refractivity contribution in [3.05, 3.63) is 114 Å². The van der Waals surface area contributed by atoms with E-state index in [9.17, 15) is 0 Å². The first-order valence-electron chi connectivity index (χ1n) is 13.4. The number of pyridine rings is 2. The van der Waals surface area contributed by atoms with Gasteiger partial charge in [-0.15, -0.1) is 11.3 Å². The molecule has 39 heavy (non-hydrogen) atoms. The third-order valence-electron chi connectivity index (χ3n) is 8.59. The predicted octanol–water partition coefficient (Wildman–Crippen LogP) is 9.40. The lowest BCUT2D eigenvalue weighted by molar-refractivity contribution is 0.665. The Morgan fingerprint density at radius 1 is 0.667 bits per heavy atom. The fourth-order valence-electron chi connectivity index (χ4n) is 6.81. The molecule has 0 aliphatic heterocycles. The van der Waals surface area contributed by atoms with Gasteiger partial charge in [-0.2, -0.15) is 0 Å². The molecule has 4 heterocycles. The van der Waals surface area contributed by atoms with E-state index < -0.39 is 0 Å². The summed E-state index contributed by atoms with van der Waals surface area (Å²) in [6.07, 6.45) is 1.86. The van der Waals surface area contributed by atoms with Gasteiger partial charge in [0.2, 0.25) is 0 Å². The smallest absolute Gasteiger partial charge is 0.138 e. The maximum atomic E-state index is 5.36. The van der Waals surface area contributed by atoms with Crippen molar-refractivity contribution >= 4 is 65.0 Å². The molecule has 4 aromatic carbocycles. The lowest BCUT2D eigenvalue weighted by Crippen LogP contribution is -2.16. The van der Waals surface area contributed by atoms with Gasteiger partial charge in [-0.05, 0) is 34.7 Å². The van der Waals surface area contributed by atoms with Gasteiger partial charge < -0.3 is 0 Å². The number of hydrogen-bond donors (Lipinski definition) is 0. The van der Waals surface area contributed by atoms with Crippen LogP contribution in [0.3, 0.4) is 0 Å². The zero-order chi connectivity index (χ0) is 25.9. The Labute approximate surface area is 229 Å². The first-order chi connectivity index (χ1) is 19.1. The van der Waals surface area contributed by atoms with Gasteiger partial charge in [0.25, 0.3) is 0 Å². The molecule has 0 saturated carbocycles. The molecule has 0 unspecified atom stereocenters. The van der Waals surface area contributed by atoms with Crippen molar-refractivity contribution < 1.29 is 0 Å². The highest BCUT2D eigenvalue weighted by Crippen LogP contribution is 2.57. The molecule has 0 bridgehead atoms. The number of aromatic nitrogens is 3. The van der Waals surface area contributed by atoms with E-state index in [4.69, 9.17) is 9.97 Å². The molecule has 0 amide bonds. The Morgan fingerprint density at radius 2 is 1.41 bits per heavy atom. The van der Waals surface area contributed by atoms with Crippen LogP contribution in [0.1, 0.15) is 25.0 Å². The lowest BCUT2D eigenvalue weighted by atomic mass is 9.82. The van der Waals surface area contributed by atoms with Crippen molar-refractivity contribution in [1.82, 2.24) is 14.5 Å². The minimum absolute atomic E-state index is 0.114. The zero-order valence-corrected chi connectivity index (χ0v) is 22.4. The standard InChI is InChI=1S/C35H23N3S/c1-35(2)26-12-6-5-11-24(26)33-28(35)32-34(39-33)25-17-15-20-8-3-4-10-23(20)31(25)38(32)27-18-16-22-14-13-21-9-7-19-36-29(21)30(22)37-27/h3-19H,1-2H3. The van der Waals surface area contributed by atoms with Crippen molar-refractivity contribution in [3.63, 3.8) is 0 Å². The van der Waals surface area contributed by atoms with Crippen LogP contribution in [0.5, 0.6) is 0 Å². The van der Waals surface area contributed by atoms with Gasteiger partial charge in [0, 0.05) is 43.6 Å². The third-order valence-corrected chi connectivity index (χ3v) is 9.84. The molecule has 9 rings (SSSR count). The van der Waals surface area contributed by atoms with E-state index >= 15 is 0 Å². The molecule has 3 nitrogen and oxygen atoms in total. The van der Waals surface area contributed by atoms with Crippen LogP contribution in [-0.4, -0.2) is 14.5 Å². The Morgan fingerprint density at radius 3 is 2.33 bits per heavy atom. The molecular weight excluding hydrogens is 494 g/mol. The highest BCUT2D eigenvalue weighted by molar-refractivity contribution is 7.23. The van der Waals surface area contributed by atoms with Gasteiger partial charge in [-0.25, -0.2) is 4.98 Å². The van der Waals surface area contributed by atoms with Gasteiger partial charge in [-0.3, -0.25) is 9.55 Å². The topological polar surface area (TPSA) is 30.7 Å². The summed E-state index contributed by atoms with van der Waals surface area (Å²) in [7, 11) is 0. The maximum Gasteiger partial charge on any atom is 0.138 e. The van der Waals surface area contributed by atoms with E-state index in [1.165, 1.54) is 53.5 Å². The Hall–Kier alpha value is -4.54. The van der Waals surface area contributed by atoms with Crippen molar-refractivity contribution in [1.29, 1.82) is 0 Å². The molecule has 0 atom stereocenters. The summed E-state index contributed by atoms with van der Waals surface area (Å²) >= 11 is 1.93. The molecule has 0 radical (unpaired) electrons. The molecule has 0 saturated heterocycles. The normalized spacial score (nSPS) is 14.1. The number of benzene rings is 4. The van der Waals surface area contributed by atoms with Crippen LogP contribution >= 0.6 is 11.3 Å². The first kappa shape index (κ1) is 21.4. The highest BCUT2D eigenvalue weighted by Gasteiger charge is 2.40. The molecule has 184 valence electrons. The van der Waals surface area contributed by atoms with Crippen LogP contribution < -0.4 is 0 Å². The van der Waals surface area contributed by atoms with Crippen molar-refractivity contribution in [3.8, 4) is 16.3 Å². The Balaban J connectivity index is 1.49. The fraction of sp³-hybridized carbons (Fsp3) is 0.0857. The van der Waals surface area contributed by atoms with E-state index in [1.807, 2.05) is 23.6 Å². The summed E-state index contributed by atoms with van der Waals surface area (Å²) in [5.41, 5.74) is 8.44. The van der Waals surface area contributed by atoms with Crippen LogP contribution in [-0.2, 0) is 5.41 Å². The minimum Gasteiger partial charge on any atom is -0.292 e. The summed E-state index contributed by atoms with van der Waals surface area (Å²) in [5.74, 6) is 0.935. The van der Waals surface area contributed by atoms with Crippen molar-refractivity contribution in [2.45, 2.75) is 19.3 Å². The quantitative estimate of drug-likeness (QED) is 0.203. The second kappa shape index (κ2) is 7.31. The number of rotatable bonds is 1. The van der Waals surface area contributed by atoms with E-state index in [-0.39, 0.29) is 5.41 Å². The van der Waals surface area contributed by atoms with Gasteiger partial charge in [-0.1, -0.05) is 92.7 Å². The van der Waals surface area contributed by atoms with Crippen LogP contribution in [0.15, 0.2) is 103 Å². The summed E-state index contributed by atoms with van der Waals surface area (Å²) in [5, 5.41) is 5.98. The van der Waals surface area contributed by atoms with E-state index in [1.54, 1.807) is 0 Å². The number of nitrogens with zero attached hydrogens (tertiary/aromatic N) is 3. The van der Waals surface area contributed by atoms with E-state index in [0.717, 1.165) is 27.6 Å². The van der Waals surface area contributed by atoms with Gasteiger partial charge in [0.1, 0.15) is 5.82 Å². The van der Waals surface area contributed by atoms with Crippen LogP contribution in [0.2, 0.25) is 0 Å². The molecular formula is C35H23N3S. The van der Waals surface area contributed by atoms with Crippen molar-refractivity contribution in [2.24, 2.45) is 0 Å². The molecule has 0 N–H and O–H groups in total. The molecule has 0 fully saturated rings. The van der Waals surface area contributed by atoms with Gasteiger partial charge >= 0.3 is 0 Å². The summed E-state index contributed by atoms with van der Waals surface area (Å²) in [6.45, 7) is 4.74. The molecule has 1 aliphatic rings. The zero-order valence-electron chi connectivity index (χ0n) is 21.6.